The Morgan fingerprint density at radius 2 is 2.13 bits per heavy atom. The van der Waals surface area contributed by atoms with E-state index in [1.54, 1.807) is 19.5 Å². The van der Waals surface area contributed by atoms with Gasteiger partial charge in [-0.25, -0.2) is 4.98 Å². The molecule has 15 heavy (non-hydrogen) atoms. The Kier molecular flexibility index (Phi) is 3.16. The molecule has 1 fully saturated rings. The van der Waals surface area contributed by atoms with Gasteiger partial charge in [-0.3, -0.25) is 4.98 Å². The Hall–Kier alpha value is -1.16. The topological polar surface area (TPSA) is 61.0 Å². The summed E-state index contributed by atoms with van der Waals surface area (Å²) in [5.74, 6) is 1.06. The van der Waals surface area contributed by atoms with Crippen LogP contribution in [-0.2, 0) is 0 Å². The lowest BCUT2D eigenvalue weighted by molar-refractivity contribution is 0.351. The molecule has 1 aliphatic rings. The van der Waals surface area contributed by atoms with Crippen molar-refractivity contribution in [2.24, 2.45) is 5.73 Å². The van der Waals surface area contributed by atoms with Gasteiger partial charge < -0.3 is 10.5 Å². The lowest BCUT2D eigenvalue weighted by Crippen LogP contribution is -2.27. The monoisotopic (exact) mass is 207 g/mol. The number of hydrogen-bond acceptors (Lipinski definition) is 4. The number of hydrogen-bond donors (Lipinski definition) is 1. The van der Waals surface area contributed by atoms with E-state index in [1.165, 1.54) is 6.42 Å². The fraction of sp³-hybridized carbons (Fsp3) is 0.636. The number of nitrogens with two attached hydrogens (primary N) is 1. The normalized spacial score (nSPS) is 26.3. The van der Waals surface area contributed by atoms with Gasteiger partial charge >= 0.3 is 0 Å². The molecular formula is C11H17N3O. The molecule has 0 bridgehead atoms. The third kappa shape index (κ3) is 2.26. The van der Waals surface area contributed by atoms with Crippen LogP contribution in [0.4, 0.5) is 0 Å². The van der Waals surface area contributed by atoms with Crippen LogP contribution in [0, 0.1) is 0 Å². The van der Waals surface area contributed by atoms with E-state index in [2.05, 4.69) is 9.97 Å². The summed E-state index contributed by atoms with van der Waals surface area (Å²) in [5, 5.41) is 0. The van der Waals surface area contributed by atoms with Crippen molar-refractivity contribution in [2.75, 3.05) is 7.11 Å². The highest BCUT2D eigenvalue weighted by Gasteiger charge is 2.24. The second-order valence-corrected chi connectivity index (χ2v) is 4.07. The molecule has 4 heteroatoms. The largest absolute Gasteiger partial charge is 0.480 e. The smallest absolute Gasteiger partial charge is 0.235 e. The maximum atomic E-state index is 5.96. The van der Waals surface area contributed by atoms with Gasteiger partial charge in [-0.2, -0.15) is 0 Å². The van der Waals surface area contributed by atoms with E-state index in [-0.39, 0.29) is 0 Å². The van der Waals surface area contributed by atoms with E-state index in [1.807, 2.05) is 0 Å². The van der Waals surface area contributed by atoms with Gasteiger partial charge in [0.25, 0.3) is 0 Å². The maximum Gasteiger partial charge on any atom is 0.235 e. The van der Waals surface area contributed by atoms with Crippen LogP contribution >= 0.6 is 0 Å². The van der Waals surface area contributed by atoms with Crippen LogP contribution in [-0.4, -0.2) is 23.1 Å². The molecule has 1 aromatic heterocycles. The molecule has 2 rings (SSSR count). The molecule has 0 radical (unpaired) electrons. The summed E-state index contributed by atoms with van der Waals surface area (Å²) in [5.41, 5.74) is 6.93. The van der Waals surface area contributed by atoms with Crippen molar-refractivity contribution in [3.8, 4) is 5.88 Å². The average Bonchev–Trinajstić information content (AvgIpc) is 2.29. The predicted octanol–water partition coefficient (Wildman–Crippen LogP) is 1.47. The average molecular weight is 207 g/mol. The van der Waals surface area contributed by atoms with Crippen LogP contribution in [0.3, 0.4) is 0 Å². The SMILES string of the molecule is COc1nccnc1C1CCCC(N)C1. The van der Waals surface area contributed by atoms with Crippen LogP contribution in [0.2, 0.25) is 0 Å². The Morgan fingerprint density at radius 3 is 2.87 bits per heavy atom. The van der Waals surface area contributed by atoms with Gasteiger partial charge in [0.1, 0.15) is 5.69 Å². The van der Waals surface area contributed by atoms with Crippen LogP contribution in [0.15, 0.2) is 12.4 Å². The molecule has 2 atom stereocenters. The predicted molar refractivity (Wildman–Crippen MR) is 57.8 cm³/mol. The molecule has 1 aromatic rings. The van der Waals surface area contributed by atoms with Crippen LogP contribution in [0.25, 0.3) is 0 Å². The highest BCUT2D eigenvalue weighted by molar-refractivity contribution is 5.22. The molecule has 1 heterocycles. The molecule has 2 unspecified atom stereocenters. The van der Waals surface area contributed by atoms with Crippen molar-refractivity contribution in [3.63, 3.8) is 0 Å². The van der Waals surface area contributed by atoms with E-state index < -0.39 is 0 Å². The molecule has 2 N–H and O–H groups in total. The van der Waals surface area contributed by atoms with E-state index in [9.17, 15) is 0 Å². The van der Waals surface area contributed by atoms with Gasteiger partial charge in [-0.05, 0) is 19.3 Å². The Morgan fingerprint density at radius 1 is 1.33 bits per heavy atom. The summed E-state index contributed by atoms with van der Waals surface area (Å²) in [6.07, 6.45) is 7.81. The van der Waals surface area contributed by atoms with Gasteiger partial charge in [0.15, 0.2) is 0 Å². The first-order chi connectivity index (χ1) is 7.31. The molecule has 0 saturated heterocycles. The first-order valence-corrected chi connectivity index (χ1v) is 5.41. The minimum atomic E-state index is 0.301. The Labute approximate surface area is 89.9 Å². The summed E-state index contributed by atoms with van der Waals surface area (Å²) in [6.45, 7) is 0. The zero-order valence-corrected chi connectivity index (χ0v) is 9.02. The number of rotatable bonds is 2. The molecule has 0 aromatic carbocycles. The van der Waals surface area contributed by atoms with Gasteiger partial charge in [0.2, 0.25) is 5.88 Å². The zero-order chi connectivity index (χ0) is 10.7. The standard InChI is InChI=1S/C11H17N3O/c1-15-11-10(13-5-6-14-11)8-3-2-4-9(12)7-8/h5-6,8-9H,2-4,7,12H2,1H3. The highest BCUT2D eigenvalue weighted by Crippen LogP contribution is 2.34. The molecule has 4 nitrogen and oxygen atoms in total. The summed E-state index contributed by atoms with van der Waals surface area (Å²) >= 11 is 0. The molecule has 0 amide bonds. The van der Waals surface area contributed by atoms with E-state index in [0.29, 0.717) is 17.8 Å². The second kappa shape index (κ2) is 4.57. The number of aromatic nitrogens is 2. The van der Waals surface area contributed by atoms with Crippen molar-refractivity contribution in [2.45, 2.75) is 37.6 Å². The van der Waals surface area contributed by atoms with Gasteiger partial charge in [0, 0.05) is 24.4 Å². The number of nitrogens with zero attached hydrogens (tertiary/aromatic N) is 2. The van der Waals surface area contributed by atoms with Crippen molar-refractivity contribution in [1.29, 1.82) is 0 Å². The van der Waals surface area contributed by atoms with Crippen LogP contribution < -0.4 is 10.5 Å². The molecule has 82 valence electrons. The molecule has 1 aliphatic carbocycles. The maximum absolute atomic E-state index is 5.96. The lowest BCUT2D eigenvalue weighted by atomic mass is 9.84. The van der Waals surface area contributed by atoms with Gasteiger partial charge in [0.05, 0.1) is 7.11 Å². The molecule has 1 saturated carbocycles. The summed E-state index contributed by atoms with van der Waals surface area (Å²) < 4.78 is 5.22. The summed E-state index contributed by atoms with van der Waals surface area (Å²) in [6, 6.07) is 0.301. The van der Waals surface area contributed by atoms with Crippen molar-refractivity contribution < 1.29 is 4.74 Å². The Balaban J connectivity index is 2.20. The van der Waals surface area contributed by atoms with Gasteiger partial charge in [-0.1, -0.05) is 6.42 Å². The Bertz CT molecular complexity index is 329. The summed E-state index contributed by atoms with van der Waals surface area (Å²) in [7, 11) is 1.64. The second-order valence-electron chi connectivity index (χ2n) is 4.07. The third-order valence-electron chi connectivity index (χ3n) is 2.99. The minimum Gasteiger partial charge on any atom is -0.480 e. The fourth-order valence-electron chi connectivity index (χ4n) is 2.25. The van der Waals surface area contributed by atoms with E-state index in [4.69, 9.17) is 10.5 Å². The van der Waals surface area contributed by atoms with Crippen molar-refractivity contribution in [3.05, 3.63) is 18.1 Å². The first kappa shape index (κ1) is 10.4. The molecule has 0 spiro atoms. The van der Waals surface area contributed by atoms with E-state index in [0.717, 1.165) is 25.0 Å². The van der Waals surface area contributed by atoms with Crippen LogP contribution in [0.5, 0.6) is 5.88 Å². The fourth-order valence-corrected chi connectivity index (χ4v) is 2.25. The first-order valence-electron chi connectivity index (χ1n) is 5.41. The lowest BCUT2D eigenvalue weighted by Gasteiger charge is -2.26. The quantitative estimate of drug-likeness (QED) is 0.797. The highest BCUT2D eigenvalue weighted by atomic mass is 16.5. The van der Waals surface area contributed by atoms with Gasteiger partial charge in [-0.15, -0.1) is 0 Å². The molecular weight excluding hydrogens is 190 g/mol. The summed E-state index contributed by atoms with van der Waals surface area (Å²) in [4.78, 5) is 8.54. The number of ether oxygens (including phenoxy) is 1. The molecule has 0 aliphatic heterocycles. The third-order valence-corrected chi connectivity index (χ3v) is 2.99. The number of methoxy groups -OCH3 is 1. The van der Waals surface area contributed by atoms with Crippen molar-refractivity contribution >= 4 is 0 Å². The van der Waals surface area contributed by atoms with Crippen molar-refractivity contribution in [1.82, 2.24) is 9.97 Å². The van der Waals surface area contributed by atoms with E-state index >= 15 is 0 Å². The zero-order valence-electron chi connectivity index (χ0n) is 9.02. The van der Waals surface area contributed by atoms with Crippen LogP contribution in [0.1, 0.15) is 37.3 Å². The minimum absolute atomic E-state index is 0.301.